The van der Waals surface area contributed by atoms with Gasteiger partial charge in [-0.05, 0) is 31.6 Å². The molecule has 0 atom stereocenters. The second kappa shape index (κ2) is 6.64. The number of hydrogen-bond donors (Lipinski definition) is 1. The zero-order valence-electron chi connectivity index (χ0n) is 11.2. The van der Waals surface area contributed by atoms with Gasteiger partial charge in [0.25, 0.3) is 0 Å². The van der Waals surface area contributed by atoms with Crippen molar-refractivity contribution in [2.45, 2.75) is 26.8 Å². The number of nitrogens with two attached hydrogens (primary N) is 1. The molecule has 0 radical (unpaired) electrons. The summed E-state index contributed by atoms with van der Waals surface area (Å²) in [6.07, 6.45) is 0.975. The van der Waals surface area contributed by atoms with Crippen molar-refractivity contribution in [1.82, 2.24) is 4.90 Å². The Morgan fingerprint density at radius 2 is 2.00 bits per heavy atom. The normalized spacial score (nSPS) is 11.8. The minimum absolute atomic E-state index is 0.0719. The molecule has 0 aliphatic rings. The molecule has 1 aromatic carbocycles. The highest BCUT2D eigenvalue weighted by molar-refractivity contribution is 9.10. The van der Waals surface area contributed by atoms with Crippen LogP contribution in [0.3, 0.4) is 0 Å². The molecule has 0 saturated heterocycles. The number of nitrogens with zero attached hydrogens (tertiary/aromatic N) is 1. The van der Waals surface area contributed by atoms with E-state index in [-0.39, 0.29) is 5.41 Å². The molecule has 2 N–H and O–H groups in total. The molecule has 18 heavy (non-hydrogen) atoms. The van der Waals surface area contributed by atoms with Crippen molar-refractivity contribution in [3.8, 4) is 0 Å². The highest BCUT2D eigenvalue weighted by Crippen LogP contribution is 2.22. The Kier molecular flexibility index (Phi) is 5.76. The summed E-state index contributed by atoms with van der Waals surface area (Å²) < 4.78 is 1.16. The first-order chi connectivity index (χ1) is 8.33. The minimum atomic E-state index is -0.0719. The number of rotatable bonds is 6. The molecule has 0 aliphatic heterocycles. The van der Waals surface area contributed by atoms with Crippen molar-refractivity contribution in [2.24, 2.45) is 11.1 Å². The standard InChI is InChI=1S/C14H21BrN2S/c1-14(2,13(16)18)8-9-17(3)10-11-6-4-5-7-12(11)15/h4-7H,8-10H2,1-3H3,(H2,16,18). The molecule has 0 unspecified atom stereocenters. The largest absolute Gasteiger partial charge is 0.393 e. The fourth-order valence-corrected chi connectivity index (χ4v) is 2.10. The molecule has 0 aliphatic carbocycles. The van der Waals surface area contributed by atoms with Gasteiger partial charge in [0.1, 0.15) is 0 Å². The molecule has 4 heteroatoms. The molecule has 1 aromatic rings. The van der Waals surface area contributed by atoms with Gasteiger partial charge in [0.05, 0.1) is 4.99 Å². The fourth-order valence-electron chi connectivity index (χ4n) is 1.59. The van der Waals surface area contributed by atoms with E-state index in [4.69, 9.17) is 18.0 Å². The third-order valence-electron chi connectivity index (χ3n) is 3.18. The molecule has 0 aromatic heterocycles. The van der Waals surface area contributed by atoms with Crippen LogP contribution in [0.4, 0.5) is 0 Å². The van der Waals surface area contributed by atoms with Gasteiger partial charge in [0.15, 0.2) is 0 Å². The number of thiocarbonyl (C=S) groups is 1. The van der Waals surface area contributed by atoms with Crippen LogP contribution in [-0.2, 0) is 6.54 Å². The van der Waals surface area contributed by atoms with E-state index in [1.54, 1.807) is 0 Å². The van der Waals surface area contributed by atoms with Crippen molar-refractivity contribution in [1.29, 1.82) is 0 Å². The predicted octanol–water partition coefficient (Wildman–Crippen LogP) is 3.58. The summed E-state index contributed by atoms with van der Waals surface area (Å²) in [6.45, 7) is 6.10. The van der Waals surface area contributed by atoms with Gasteiger partial charge in [-0.15, -0.1) is 0 Å². The highest BCUT2D eigenvalue weighted by atomic mass is 79.9. The van der Waals surface area contributed by atoms with Gasteiger partial charge in [0, 0.05) is 16.4 Å². The molecular formula is C14H21BrN2S. The average Bonchev–Trinajstić information content (AvgIpc) is 2.29. The Hall–Kier alpha value is -0.450. The molecule has 0 saturated carbocycles. The van der Waals surface area contributed by atoms with Crippen molar-refractivity contribution in [3.05, 3.63) is 34.3 Å². The summed E-state index contributed by atoms with van der Waals surface area (Å²) >= 11 is 8.66. The van der Waals surface area contributed by atoms with Crippen molar-refractivity contribution < 1.29 is 0 Å². The zero-order valence-corrected chi connectivity index (χ0v) is 13.6. The van der Waals surface area contributed by atoms with Gasteiger partial charge in [-0.1, -0.05) is 60.2 Å². The van der Waals surface area contributed by atoms with Gasteiger partial charge in [0.2, 0.25) is 0 Å². The Morgan fingerprint density at radius 1 is 1.39 bits per heavy atom. The van der Waals surface area contributed by atoms with Crippen molar-refractivity contribution >= 4 is 33.1 Å². The van der Waals surface area contributed by atoms with Crippen LogP contribution in [0.5, 0.6) is 0 Å². The van der Waals surface area contributed by atoms with Gasteiger partial charge in [-0.3, -0.25) is 0 Å². The summed E-state index contributed by atoms with van der Waals surface area (Å²) in [5.74, 6) is 0. The minimum Gasteiger partial charge on any atom is -0.393 e. The topological polar surface area (TPSA) is 29.3 Å². The average molecular weight is 329 g/mol. The van der Waals surface area contributed by atoms with E-state index < -0.39 is 0 Å². The lowest BCUT2D eigenvalue weighted by Crippen LogP contribution is -2.33. The Balaban J connectivity index is 2.50. The maximum Gasteiger partial charge on any atom is 0.0784 e. The summed E-state index contributed by atoms with van der Waals surface area (Å²) in [4.78, 5) is 2.89. The smallest absolute Gasteiger partial charge is 0.0784 e. The maximum absolute atomic E-state index is 5.74. The lowest BCUT2D eigenvalue weighted by molar-refractivity contribution is 0.285. The fraction of sp³-hybridized carbons (Fsp3) is 0.500. The van der Waals surface area contributed by atoms with Gasteiger partial charge < -0.3 is 10.6 Å². The quantitative estimate of drug-likeness (QED) is 0.809. The van der Waals surface area contributed by atoms with E-state index in [0.29, 0.717) is 4.99 Å². The first kappa shape index (κ1) is 15.6. The Morgan fingerprint density at radius 3 is 2.56 bits per heavy atom. The Labute approximate surface area is 124 Å². The third kappa shape index (κ3) is 4.67. The molecular weight excluding hydrogens is 308 g/mol. The molecule has 0 bridgehead atoms. The van der Waals surface area contributed by atoms with E-state index in [1.807, 2.05) is 6.07 Å². The predicted molar refractivity (Wildman–Crippen MR) is 85.7 cm³/mol. The molecule has 2 nitrogen and oxygen atoms in total. The molecule has 0 heterocycles. The number of hydrogen-bond acceptors (Lipinski definition) is 2. The summed E-state index contributed by atoms with van der Waals surface area (Å²) in [5, 5.41) is 0. The van der Waals surface area contributed by atoms with E-state index >= 15 is 0 Å². The number of benzene rings is 1. The van der Waals surface area contributed by atoms with Crippen LogP contribution >= 0.6 is 28.1 Å². The zero-order chi connectivity index (χ0) is 13.8. The molecule has 1 rings (SSSR count). The van der Waals surface area contributed by atoms with Crippen LogP contribution in [0.2, 0.25) is 0 Å². The summed E-state index contributed by atoms with van der Waals surface area (Å²) in [5.41, 5.74) is 6.97. The van der Waals surface area contributed by atoms with Crippen LogP contribution in [-0.4, -0.2) is 23.5 Å². The lowest BCUT2D eigenvalue weighted by Gasteiger charge is -2.26. The van der Waals surface area contributed by atoms with E-state index in [0.717, 1.165) is 24.0 Å². The summed E-state index contributed by atoms with van der Waals surface area (Å²) in [7, 11) is 2.12. The van der Waals surface area contributed by atoms with Crippen molar-refractivity contribution in [3.63, 3.8) is 0 Å². The van der Waals surface area contributed by atoms with Gasteiger partial charge >= 0.3 is 0 Å². The van der Waals surface area contributed by atoms with E-state index in [2.05, 4.69) is 59.9 Å². The maximum atomic E-state index is 5.74. The van der Waals surface area contributed by atoms with Crippen LogP contribution in [0.25, 0.3) is 0 Å². The first-order valence-corrected chi connectivity index (χ1v) is 7.25. The highest BCUT2D eigenvalue weighted by Gasteiger charge is 2.21. The Bertz CT molecular complexity index is 418. The lowest BCUT2D eigenvalue weighted by atomic mass is 9.89. The van der Waals surface area contributed by atoms with E-state index in [1.165, 1.54) is 5.56 Å². The van der Waals surface area contributed by atoms with E-state index in [9.17, 15) is 0 Å². The second-order valence-electron chi connectivity index (χ2n) is 5.33. The van der Waals surface area contributed by atoms with Crippen LogP contribution < -0.4 is 5.73 Å². The summed E-state index contributed by atoms with van der Waals surface area (Å²) in [6, 6.07) is 8.30. The number of halogens is 1. The first-order valence-electron chi connectivity index (χ1n) is 6.05. The second-order valence-corrected chi connectivity index (χ2v) is 6.62. The molecule has 0 spiro atoms. The monoisotopic (exact) mass is 328 g/mol. The van der Waals surface area contributed by atoms with Gasteiger partial charge in [-0.2, -0.15) is 0 Å². The SMILES string of the molecule is CN(CCC(C)(C)C(N)=S)Cc1ccccc1Br. The van der Waals surface area contributed by atoms with Crippen molar-refractivity contribution in [2.75, 3.05) is 13.6 Å². The molecule has 0 fully saturated rings. The third-order valence-corrected chi connectivity index (χ3v) is 4.51. The van der Waals surface area contributed by atoms with Gasteiger partial charge in [-0.25, -0.2) is 0 Å². The van der Waals surface area contributed by atoms with Crippen LogP contribution in [0.1, 0.15) is 25.8 Å². The van der Waals surface area contributed by atoms with Crippen LogP contribution in [0.15, 0.2) is 28.7 Å². The van der Waals surface area contributed by atoms with Crippen LogP contribution in [0, 0.1) is 5.41 Å². The molecule has 100 valence electrons. The molecule has 0 amide bonds.